The van der Waals surface area contributed by atoms with Gasteiger partial charge < -0.3 is 10.1 Å². The van der Waals surface area contributed by atoms with Crippen LogP contribution in [0.15, 0.2) is 30.7 Å². The van der Waals surface area contributed by atoms with Gasteiger partial charge in [0, 0.05) is 38.6 Å². The summed E-state index contributed by atoms with van der Waals surface area (Å²) in [7, 11) is 1.60. The number of pyridine rings is 1. The molecular weight excluding hydrogens is 320 g/mol. The Kier molecular flexibility index (Phi) is 6.08. The minimum Gasteiger partial charge on any atom is -0.383 e. The van der Waals surface area contributed by atoms with Crippen molar-refractivity contribution in [1.82, 2.24) is 30.2 Å². The molecule has 1 saturated heterocycles. The molecule has 1 amide bonds. The second-order valence-corrected chi connectivity index (χ2v) is 6.20. The maximum absolute atomic E-state index is 12.0. The monoisotopic (exact) mass is 344 g/mol. The van der Waals surface area contributed by atoms with E-state index in [4.69, 9.17) is 4.74 Å². The van der Waals surface area contributed by atoms with Gasteiger partial charge in [-0.2, -0.15) is 0 Å². The maximum Gasteiger partial charge on any atom is 0.273 e. The molecule has 0 aliphatic carbocycles. The third kappa shape index (κ3) is 4.83. The molecule has 25 heavy (non-hydrogen) atoms. The number of carbonyl (C=O) groups is 1. The Bertz CT molecular complexity index is 675. The Morgan fingerprint density at radius 1 is 1.48 bits per heavy atom. The van der Waals surface area contributed by atoms with Crippen molar-refractivity contribution in [2.75, 3.05) is 26.8 Å². The van der Waals surface area contributed by atoms with E-state index < -0.39 is 0 Å². The van der Waals surface area contributed by atoms with E-state index in [0.29, 0.717) is 24.9 Å². The molecule has 0 spiro atoms. The van der Waals surface area contributed by atoms with Crippen molar-refractivity contribution in [2.45, 2.75) is 32.0 Å². The average molecular weight is 344 g/mol. The number of amides is 1. The normalized spacial score (nSPS) is 17.7. The summed E-state index contributed by atoms with van der Waals surface area (Å²) in [4.78, 5) is 18.6. The molecule has 1 fully saturated rings. The summed E-state index contributed by atoms with van der Waals surface area (Å²) >= 11 is 0. The highest BCUT2D eigenvalue weighted by Gasteiger charge is 2.25. The van der Waals surface area contributed by atoms with Crippen molar-refractivity contribution < 1.29 is 9.53 Å². The van der Waals surface area contributed by atoms with E-state index in [1.54, 1.807) is 24.2 Å². The molecule has 2 aromatic heterocycles. The molecule has 0 unspecified atom stereocenters. The number of hydrogen-bond donors (Lipinski definition) is 1. The van der Waals surface area contributed by atoms with E-state index in [1.165, 1.54) is 12.0 Å². The van der Waals surface area contributed by atoms with Gasteiger partial charge in [0.25, 0.3) is 5.91 Å². The quantitative estimate of drug-likeness (QED) is 0.710. The average Bonchev–Trinajstić information content (AvgIpc) is 3.26. The highest BCUT2D eigenvalue weighted by atomic mass is 16.5. The van der Waals surface area contributed by atoms with Crippen molar-refractivity contribution >= 4 is 5.91 Å². The van der Waals surface area contributed by atoms with E-state index in [2.05, 4.69) is 31.6 Å². The summed E-state index contributed by atoms with van der Waals surface area (Å²) in [5, 5.41) is 10.8. The molecule has 1 aliphatic heterocycles. The first-order valence-corrected chi connectivity index (χ1v) is 8.56. The van der Waals surface area contributed by atoms with Crippen LogP contribution in [-0.4, -0.2) is 63.6 Å². The van der Waals surface area contributed by atoms with Crippen LogP contribution in [0, 0.1) is 0 Å². The molecule has 3 rings (SSSR count). The van der Waals surface area contributed by atoms with Crippen molar-refractivity contribution in [2.24, 2.45) is 0 Å². The lowest BCUT2D eigenvalue weighted by molar-refractivity contribution is 0.0932. The zero-order chi connectivity index (χ0) is 17.5. The molecule has 8 heteroatoms. The van der Waals surface area contributed by atoms with Crippen molar-refractivity contribution in [3.05, 3.63) is 42.0 Å². The van der Waals surface area contributed by atoms with Crippen molar-refractivity contribution in [1.29, 1.82) is 0 Å². The van der Waals surface area contributed by atoms with Gasteiger partial charge >= 0.3 is 0 Å². The number of likely N-dealkylation sites (tertiary alicyclic amines) is 1. The van der Waals surface area contributed by atoms with Crippen LogP contribution in [0.3, 0.4) is 0 Å². The van der Waals surface area contributed by atoms with E-state index in [1.807, 2.05) is 12.3 Å². The van der Waals surface area contributed by atoms with Crippen LogP contribution in [-0.2, 0) is 17.8 Å². The first-order valence-electron chi connectivity index (χ1n) is 8.56. The lowest BCUT2D eigenvalue weighted by atomic mass is 10.2. The summed E-state index contributed by atoms with van der Waals surface area (Å²) < 4.78 is 6.68. The van der Waals surface area contributed by atoms with Gasteiger partial charge in [-0.3, -0.25) is 19.4 Å². The topological polar surface area (TPSA) is 85.2 Å². The van der Waals surface area contributed by atoms with Gasteiger partial charge in [0.1, 0.15) is 0 Å². The van der Waals surface area contributed by atoms with Gasteiger partial charge in [-0.1, -0.05) is 11.3 Å². The van der Waals surface area contributed by atoms with Gasteiger partial charge in [0.2, 0.25) is 0 Å². The summed E-state index contributed by atoms with van der Waals surface area (Å²) in [6.45, 7) is 3.63. The Labute approximate surface area is 147 Å². The molecule has 3 heterocycles. The SMILES string of the molecule is COCCNC(=O)c1cn(C[C@@H]2CCCN2Cc2cccnc2)nn1. The predicted octanol–water partition coefficient (Wildman–Crippen LogP) is 0.714. The predicted molar refractivity (Wildman–Crippen MR) is 91.9 cm³/mol. The Balaban J connectivity index is 1.55. The Morgan fingerprint density at radius 3 is 3.20 bits per heavy atom. The number of nitrogens with zero attached hydrogens (tertiary/aromatic N) is 5. The molecular formula is C17H24N6O2. The van der Waals surface area contributed by atoms with Crippen molar-refractivity contribution in [3.63, 3.8) is 0 Å². The van der Waals surface area contributed by atoms with E-state index in [-0.39, 0.29) is 5.91 Å². The Hall–Kier alpha value is -2.32. The molecule has 1 N–H and O–H groups in total. The number of aromatic nitrogens is 4. The van der Waals surface area contributed by atoms with Gasteiger partial charge in [0.15, 0.2) is 5.69 Å². The van der Waals surface area contributed by atoms with Gasteiger partial charge in [-0.15, -0.1) is 5.10 Å². The van der Waals surface area contributed by atoms with Crippen LogP contribution >= 0.6 is 0 Å². The molecule has 1 atom stereocenters. The highest BCUT2D eigenvalue weighted by molar-refractivity contribution is 5.91. The molecule has 2 aromatic rings. The van der Waals surface area contributed by atoms with Crippen LogP contribution in [0.5, 0.6) is 0 Å². The van der Waals surface area contributed by atoms with Crippen LogP contribution < -0.4 is 5.32 Å². The largest absolute Gasteiger partial charge is 0.383 e. The molecule has 134 valence electrons. The summed E-state index contributed by atoms with van der Waals surface area (Å²) in [5.74, 6) is -0.220. The zero-order valence-corrected chi connectivity index (χ0v) is 14.5. The van der Waals surface area contributed by atoms with E-state index in [0.717, 1.165) is 26.1 Å². The number of ether oxygens (including phenoxy) is 1. The fraction of sp³-hybridized carbons (Fsp3) is 0.529. The minimum absolute atomic E-state index is 0.220. The fourth-order valence-corrected chi connectivity index (χ4v) is 3.10. The molecule has 0 aromatic carbocycles. The highest BCUT2D eigenvalue weighted by Crippen LogP contribution is 2.21. The van der Waals surface area contributed by atoms with Crippen molar-refractivity contribution in [3.8, 4) is 0 Å². The Morgan fingerprint density at radius 2 is 2.40 bits per heavy atom. The summed E-state index contributed by atoms with van der Waals surface area (Å²) in [5.41, 5.74) is 1.55. The first kappa shape index (κ1) is 17.5. The lowest BCUT2D eigenvalue weighted by Gasteiger charge is -2.24. The van der Waals surface area contributed by atoms with E-state index in [9.17, 15) is 4.79 Å². The molecule has 0 radical (unpaired) electrons. The van der Waals surface area contributed by atoms with Crippen LogP contribution in [0.2, 0.25) is 0 Å². The molecule has 0 saturated carbocycles. The molecule has 0 bridgehead atoms. The number of hydrogen-bond acceptors (Lipinski definition) is 6. The third-order valence-electron chi connectivity index (χ3n) is 4.37. The smallest absolute Gasteiger partial charge is 0.273 e. The van der Waals surface area contributed by atoms with E-state index >= 15 is 0 Å². The van der Waals surface area contributed by atoms with Gasteiger partial charge in [-0.25, -0.2) is 0 Å². The maximum atomic E-state index is 12.0. The number of methoxy groups -OCH3 is 1. The van der Waals surface area contributed by atoms with Crippen LogP contribution in [0.25, 0.3) is 0 Å². The molecule has 8 nitrogen and oxygen atoms in total. The number of carbonyl (C=O) groups excluding carboxylic acids is 1. The standard InChI is InChI=1S/C17H24N6O2/c1-25-9-7-19-17(24)16-13-23(21-20-16)12-15-5-3-8-22(15)11-14-4-2-6-18-10-14/h2,4,6,10,13,15H,3,5,7-9,11-12H2,1H3,(H,19,24)/t15-/m0/s1. The summed E-state index contributed by atoms with van der Waals surface area (Å²) in [6, 6.07) is 4.46. The zero-order valence-electron chi connectivity index (χ0n) is 14.5. The van der Waals surface area contributed by atoms with Gasteiger partial charge in [-0.05, 0) is 31.0 Å². The summed E-state index contributed by atoms with van der Waals surface area (Å²) in [6.07, 6.45) is 7.70. The second kappa shape index (κ2) is 8.68. The molecule has 1 aliphatic rings. The third-order valence-corrected chi connectivity index (χ3v) is 4.37. The van der Waals surface area contributed by atoms with Gasteiger partial charge in [0.05, 0.1) is 19.3 Å². The minimum atomic E-state index is -0.220. The number of rotatable bonds is 8. The first-order chi connectivity index (χ1) is 12.3. The van der Waals surface area contributed by atoms with Crippen LogP contribution in [0.1, 0.15) is 28.9 Å². The fourth-order valence-electron chi connectivity index (χ4n) is 3.10. The second-order valence-electron chi connectivity index (χ2n) is 6.20. The lowest BCUT2D eigenvalue weighted by Crippen LogP contribution is -2.32. The number of nitrogens with one attached hydrogen (secondary N) is 1. The van der Waals surface area contributed by atoms with Crippen LogP contribution in [0.4, 0.5) is 0 Å².